The zero-order valence-corrected chi connectivity index (χ0v) is 11.4. The normalized spacial score (nSPS) is 12.9. The van der Waals surface area contributed by atoms with E-state index in [0.29, 0.717) is 0 Å². The first-order valence-electron chi connectivity index (χ1n) is 4.77. The Morgan fingerprint density at radius 2 is 2.20 bits per heavy atom. The molecule has 0 saturated heterocycles. The minimum atomic E-state index is 0.168. The summed E-state index contributed by atoms with van der Waals surface area (Å²) >= 11 is 6.93. The van der Waals surface area contributed by atoms with Crippen molar-refractivity contribution in [1.82, 2.24) is 0 Å². The highest BCUT2D eigenvalue weighted by molar-refractivity contribution is 9.11. The molecule has 0 amide bonds. The Labute approximate surface area is 106 Å². The monoisotopic (exact) mass is 301 g/mol. The fourth-order valence-electron chi connectivity index (χ4n) is 1.43. The smallest absolute Gasteiger partial charge is 0.0701 e. The third-order valence-corrected chi connectivity index (χ3v) is 4.77. The zero-order valence-electron chi connectivity index (χ0n) is 8.15. The molecule has 2 aromatic heterocycles. The summed E-state index contributed by atoms with van der Waals surface area (Å²) in [6.45, 7) is 0. The first kappa shape index (κ1) is 11.3. The van der Waals surface area contributed by atoms with E-state index >= 15 is 0 Å². The molecule has 2 heterocycles. The third kappa shape index (κ3) is 3.14. The van der Waals surface area contributed by atoms with Gasteiger partial charge in [-0.1, -0.05) is 0 Å². The van der Waals surface area contributed by atoms with E-state index in [0.717, 1.165) is 16.6 Å². The Balaban J connectivity index is 1.90. The van der Waals surface area contributed by atoms with Crippen molar-refractivity contribution in [2.75, 3.05) is 0 Å². The van der Waals surface area contributed by atoms with Crippen LogP contribution >= 0.6 is 38.6 Å². The summed E-state index contributed by atoms with van der Waals surface area (Å²) in [6.07, 6.45) is 2.09. The third-order valence-electron chi connectivity index (χ3n) is 2.28. The van der Waals surface area contributed by atoms with E-state index in [2.05, 4.69) is 44.9 Å². The van der Waals surface area contributed by atoms with Crippen LogP contribution in [0.3, 0.4) is 0 Å². The van der Waals surface area contributed by atoms with Gasteiger partial charge >= 0.3 is 0 Å². The van der Waals surface area contributed by atoms with Crippen molar-refractivity contribution >= 4 is 38.6 Å². The van der Waals surface area contributed by atoms with Gasteiger partial charge in [-0.25, -0.2) is 0 Å². The molecule has 0 aromatic carbocycles. The molecule has 0 bridgehead atoms. The first-order chi connectivity index (χ1) is 7.25. The predicted molar refractivity (Wildman–Crippen MR) is 71.6 cm³/mol. The van der Waals surface area contributed by atoms with Crippen LogP contribution in [-0.4, -0.2) is 0 Å². The molecule has 0 aliphatic heterocycles. The number of halogens is 1. The number of nitrogens with two attached hydrogens (primary N) is 1. The summed E-state index contributed by atoms with van der Waals surface area (Å²) in [5, 5.41) is 4.31. The fourth-order valence-corrected chi connectivity index (χ4v) is 3.59. The summed E-state index contributed by atoms with van der Waals surface area (Å²) in [6, 6.07) is 6.50. The van der Waals surface area contributed by atoms with Gasteiger partial charge < -0.3 is 5.73 Å². The molecule has 1 atom stereocenters. The lowest BCUT2D eigenvalue weighted by molar-refractivity contribution is 0.663. The van der Waals surface area contributed by atoms with Crippen LogP contribution in [0.4, 0.5) is 0 Å². The highest BCUT2D eigenvalue weighted by Crippen LogP contribution is 2.28. The minimum absolute atomic E-state index is 0.168. The van der Waals surface area contributed by atoms with Crippen molar-refractivity contribution in [3.63, 3.8) is 0 Å². The van der Waals surface area contributed by atoms with E-state index in [9.17, 15) is 0 Å². The van der Waals surface area contributed by atoms with Gasteiger partial charge in [0.25, 0.3) is 0 Å². The molecular weight excluding hydrogens is 290 g/mol. The molecule has 0 spiro atoms. The fraction of sp³-hybridized carbons (Fsp3) is 0.273. The van der Waals surface area contributed by atoms with Gasteiger partial charge in [0.2, 0.25) is 0 Å². The van der Waals surface area contributed by atoms with Gasteiger partial charge in [-0.15, -0.1) is 11.3 Å². The second-order valence-electron chi connectivity index (χ2n) is 3.42. The number of hydrogen-bond donors (Lipinski definition) is 1. The predicted octanol–water partition coefficient (Wildman–Crippen LogP) is 4.20. The van der Waals surface area contributed by atoms with E-state index < -0.39 is 0 Å². The van der Waals surface area contributed by atoms with E-state index in [1.165, 1.54) is 10.4 Å². The van der Waals surface area contributed by atoms with Crippen LogP contribution in [0.25, 0.3) is 0 Å². The molecule has 2 N–H and O–H groups in total. The van der Waals surface area contributed by atoms with Crippen molar-refractivity contribution in [3.8, 4) is 0 Å². The lowest BCUT2D eigenvalue weighted by atomic mass is 10.1. The van der Waals surface area contributed by atoms with Gasteiger partial charge in [-0.3, -0.25) is 0 Å². The van der Waals surface area contributed by atoms with Gasteiger partial charge in [0, 0.05) is 10.9 Å². The molecule has 0 radical (unpaired) electrons. The molecule has 1 unspecified atom stereocenters. The number of hydrogen-bond acceptors (Lipinski definition) is 3. The van der Waals surface area contributed by atoms with Crippen molar-refractivity contribution in [1.29, 1.82) is 0 Å². The van der Waals surface area contributed by atoms with Crippen LogP contribution in [0.15, 0.2) is 32.7 Å². The molecular formula is C11H12BrNS2. The van der Waals surface area contributed by atoms with Crippen molar-refractivity contribution in [2.24, 2.45) is 5.73 Å². The summed E-state index contributed by atoms with van der Waals surface area (Å²) in [4.78, 5) is 1.26. The summed E-state index contributed by atoms with van der Waals surface area (Å²) in [5.74, 6) is 0. The Morgan fingerprint density at radius 3 is 2.80 bits per heavy atom. The van der Waals surface area contributed by atoms with E-state index in [1.54, 1.807) is 22.7 Å². The number of thiophene rings is 2. The van der Waals surface area contributed by atoms with Crippen LogP contribution in [0.5, 0.6) is 0 Å². The maximum Gasteiger partial charge on any atom is 0.0701 e. The van der Waals surface area contributed by atoms with E-state index in [1.807, 2.05) is 0 Å². The summed E-state index contributed by atoms with van der Waals surface area (Å²) < 4.78 is 1.16. The maximum atomic E-state index is 6.12. The molecule has 0 saturated carbocycles. The van der Waals surface area contributed by atoms with Crippen molar-refractivity contribution in [2.45, 2.75) is 18.9 Å². The summed E-state index contributed by atoms with van der Waals surface area (Å²) in [5.41, 5.74) is 7.51. The molecule has 2 rings (SSSR count). The standard InChI is InChI=1S/C11H12BrNS2/c12-11-4-3-10(15-11)9(13)2-1-8-5-6-14-7-8/h3-7,9H,1-2,13H2. The second-order valence-corrected chi connectivity index (χ2v) is 6.69. The quantitative estimate of drug-likeness (QED) is 0.899. The second kappa shape index (κ2) is 5.25. The average Bonchev–Trinajstić information content (AvgIpc) is 2.84. The highest BCUT2D eigenvalue weighted by Gasteiger charge is 2.08. The SMILES string of the molecule is NC(CCc1ccsc1)c1ccc(Br)s1. The Morgan fingerprint density at radius 1 is 1.33 bits per heavy atom. The number of aryl methyl sites for hydroxylation is 1. The zero-order chi connectivity index (χ0) is 10.7. The largest absolute Gasteiger partial charge is 0.323 e. The molecule has 0 aliphatic rings. The van der Waals surface area contributed by atoms with Gasteiger partial charge in [0.1, 0.15) is 0 Å². The molecule has 0 fully saturated rings. The van der Waals surface area contributed by atoms with Crippen LogP contribution < -0.4 is 5.73 Å². The number of rotatable bonds is 4. The lowest BCUT2D eigenvalue weighted by Crippen LogP contribution is -2.09. The lowest BCUT2D eigenvalue weighted by Gasteiger charge is -2.07. The van der Waals surface area contributed by atoms with Crippen LogP contribution in [0, 0.1) is 0 Å². The maximum absolute atomic E-state index is 6.12. The van der Waals surface area contributed by atoms with Crippen LogP contribution in [-0.2, 0) is 6.42 Å². The van der Waals surface area contributed by atoms with Gasteiger partial charge in [-0.05, 0) is 63.3 Å². The Hall–Kier alpha value is -0.160. The van der Waals surface area contributed by atoms with Crippen molar-refractivity contribution < 1.29 is 0 Å². The molecule has 2 aromatic rings. The van der Waals surface area contributed by atoms with E-state index in [-0.39, 0.29) is 6.04 Å². The van der Waals surface area contributed by atoms with Gasteiger partial charge in [0.15, 0.2) is 0 Å². The highest BCUT2D eigenvalue weighted by atomic mass is 79.9. The molecule has 1 nitrogen and oxygen atoms in total. The minimum Gasteiger partial charge on any atom is -0.323 e. The first-order valence-corrected chi connectivity index (χ1v) is 7.33. The van der Waals surface area contributed by atoms with E-state index in [4.69, 9.17) is 5.73 Å². The van der Waals surface area contributed by atoms with Crippen LogP contribution in [0.1, 0.15) is 22.9 Å². The van der Waals surface area contributed by atoms with Crippen molar-refractivity contribution in [3.05, 3.63) is 43.2 Å². The van der Waals surface area contributed by atoms with Crippen LogP contribution in [0.2, 0.25) is 0 Å². The molecule has 4 heteroatoms. The van der Waals surface area contributed by atoms with Gasteiger partial charge in [0.05, 0.1) is 3.79 Å². The molecule has 15 heavy (non-hydrogen) atoms. The Bertz CT molecular complexity index is 408. The Kier molecular flexibility index (Phi) is 3.97. The molecule has 80 valence electrons. The summed E-state index contributed by atoms with van der Waals surface area (Å²) in [7, 11) is 0. The average molecular weight is 302 g/mol. The molecule has 0 aliphatic carbocycles. The van der Waals surface area contributed by atoms with Gasteiger partial charge in [-0.2, -0.15) is 11.3 Å². The topological polar surface area (TPSA) is 26.0 Å².